The molecule has 4 rings (SSSR count). The van der Waals surface area contributed by atoms with E-state index >= 15 is 0 Å². The van der Waals surface area contributed by atoms with E-state index in [-0.39, 0.29) is 10.8 Å². The van der Waals surface area contributed by atoms with Crippen LogP contribution < -0.4 is 10.3 Å². The molecule has 4 aromatic rings. The molecule has 1 heterocycles. The minimum absolute atomic E-state index is 0.167. The van der Waals surface area contributed by atoms with Crippen LogP contribution >= 0.6 is 11.8 Å². The van der Waals surface area contributed by atoms with Gasteiger partial charge in [0, 0.05) is 0 Å². The molecule has 0 amide bonds. The van der Waals surface area contributed by atoms with Crippen molar-refractivity contribution in [1.29, 1.82) is 5.26 Å². The first-order chi connectivity index (χ1) is 14.2. The molecule has 0 saturated heterocycles. The van der Waals surface area contributed by atoms with Crippen LogP contribution in [0.25, 0.3) is 16.6 Å². The van der Waals surface area contributed by atoms with Crippen LogP contribution in [0.15, 0.2) is 88.8 Å². The van der Waals surface area contributed by atoms with Crippen molar-refractivity contribution in [2.24, 2.45) is 0 Å². The van der Waals surface area contributed by atoms with Gasteiger partial charge in [-0.1, -0.05) is 42.1 Å². The molecule has 0 bridgehead atoms. The monoisotopic (exact) mass is 399 g/mol. The Kier molecular flexibility index (Phi) is 5.32. The molecule has 0 aliphatic heterocycles. The van der Waals surface area contributed by atoms with Crippen LogP contribution in [0.5, 0.6) is 11.5 Å². The van der Waals surface area contributed by atoms with Crippen LogP contribution in [0.3, 0.4) is 0 Å². The van der Waals surface area contributed by atoms with Gasteiger partial charge >= 0.3 is 0 Å². The molecule has 0 aliphatic carbocycles. The van der Waals surface area contributed by atoms with Crippen molar-refractivity contribution in [3.63, 3.8) is 0 Å². The Bertz CT molecular complexity index is 1250. The third-order valence-corrected chi connectivity index (χ3v) is 5.23. The summed E-state index contributed by atoms with van der Waals surface area (Å²) in [7, 11) is 0. The van der Waals surface area contributed by atoms with Crippen molar-refractivity contribution in [2.45, 2.75) is 17.3 Å². The fourth-order valence-electron chi connectivity index (χ4n) is 2.89. The maximum atomic E-state index is 13.2. The molecule has 0 spiro atoms. The molecule has 0 radical (unpaired) electrons. The summed E-state index contributed by atoms with van der Waals surface area (Å²) in [6, 6.07) is 26.2. The van der Waals surface area contributed by atoms with Gasteiger partial charge in [-0.15, -0.1) is 0 Å². The van der Waals surface area contributed by atoms with E-state index < -0.39 is 0 Å². The second-order valence-corrected chi connectivity index (χ2v) is 7.66. The summed E-state index contributed by atoms with van der Waals surface area (Å²) in [5, 5.41) is 9.90. The van der Waals surface area contributed by atoms with Crippen molar-refractivity contribution in [1.82, 2.24) is 9.55 Å². The van der Waals surface area contributed by atoms with E-state index in [4.69, 9.17) is 4.74 Å². The van der Waals surface area contributed by atoms with Crippen LogP contribution in [0.1, 0.15) is 6.92 Å². The lowest BCUT2D eigenvalue weighted by Gasteiger charge is -2.14. The van der Waals surface area contributed by atoms with Gasteiger partial charge in [-0.2, -0.15) is 5.26 Å². The fourth-order valence-corrected chi connectivity index (χ4v) is 3.71. The summed E-state index contributed by atoms with van der Waals surface area (Å²) >= 11 is 1.26. The lowest BCUT2D eigenvalue weighted by atomic mass is 10.2. The van der Waals surface area contributed by atoms with Gasteiger partial charge in [0.2, 0.25) is 0 Å². The van der Waals surface area contributed by atoms with Gasteiger partial charge in [0.25, 0.3) is 5.56 Å². The molecule has 3 aromatic carbocycles. The van der Waals surface area contributed by atoms with Crippen molar-refractivity contribution in [2.75, 3.05) is 0 Å². The highest BCUT2D eigenvalue weighted by molar-refractivity contribution is 8.00. The number of rotatable bonds is 5. The third kappa shape index (κ3) is 4.00. The molecule has 1 atom stereocenters. The quantitative estimate of drug-likeness (QED) is 0.342. The SMILES string of the molecule is C[C@@H](C#N)Sc1nc2ccccc2c(=O)n1-c1ccc(Oc2ccccc2)cc1. The summed E-state index contributed by atoms with van der Waals surface area (Å²) in [5.41, 5.74) is 1.12. The van der Waals surface area contributed by atoms with Gasteiger partial charge in [0.1, 0.15) is 11.5 Å². The molecule has 1 aromatic heterocycles. The average Bonchev–Trinajstić information content (AvgIpc) is 2.75. The smallest absolute Gasteiger partial charge is 0.266 e. The second-order valence-electron chi connectivity index (χ2n) is 6.35. The summed E-state index contributed by atoms with van der Waals surface area (Å²) in [6.07, 6.45) is 0. The Labute approximate surface area is 172 Å². The van der Waals surface area contributed by atoms with E-state index in [1.807, 2.05) is 66.7 Å². The first kappa shape index (κ1) is 18.8. The van der Waals surface area contributed by atoms with Gasteiger partial charge in [-0.3, -0.25) is 9.36 Å². The molecule has 0 unspecified atom stereocenters. The van der Waals surface area contributed by atoms with Crippen LogP contribution in [0, 0.1) is 11.3 Å². The highest BCUT2D eigenvalue weighted by Crippen LogP contribution is 2.27. The van der Waals surface area contributed by atoms with Gasteiger partial charge in [-0.25, -0.2) is 4.98 Å². The predicted octanol–water partition coefficient (Wildman–Crippen LogP) is 5.18. The van der Waals surface area contributed by atoms with Crippen molar-refractivity contribution >= 4 is 22.7 Å². The third-order valence-electron chi connectivity index (χ3n) is 4.28. The molecule has 0 saturated carbocycles. The van der Waals surface area contributed by atoms with E-state index in [1.54, 1.807) is 23.6 Å². The van der Waals surface area contributed by atoms with E-state index in [0.29, 0.717) is 27.5 Å². The van der Waals surface area contributed by atoms with Crippen LogP contribution in [-0.2, 0) is 0 Å². The number of ether oxygens (including phenoxy) is 1. The summed E-state index contributed by atoms with van der Waals surface area (Å²) < 4.78 is 7.38. The lowest BCUT2D eigenvalue weighted by Crippen LogP contribution is -2.22. The average molecular weight is 399 g/mol. The van der Waals surface area contributed by atoms with E-state index in [9.17, 15) is 10.1 Å². The molecule has 6 heteroatoms. The Hall–Kier alpha value is -3.56. The maximum Gasteiger partial charge on any atom is 0.266 e. The number of nitrogens with zero attached hydrogens (tertiary/aromatic N) is 3. The standard InChI is InChI=1S/C23H17N3O2S/c1-16(15-24)29-23-25-21-10-6-5-9-20(21)22(27)26(23)17-11-13-19(14-12-17)28-18-7-3-2-4-8-18/h2-14,16H,1H3/t16-/m0/s1. The van der Waals surface area contributed by atoms with Crippen molar-refractivity contribution < 1.29 is 4.74 Å². The van der Waals surface area contributed by atoms with E-state index in [1.165, 1.54) is 11.8 Å². The number of hydrogen-bond acceptors (Lipinski definition) is 5. The molecule has 142 valence electrons. The highest BCUT2D eigenvalue weighted by atomic mass is 32.2. The maximum absolute atomic E-state index is 13.2. The first-order valence-corrected chi connectivity index (χ1v) is 9.95. The Balaban J connectivity index is 1.77. The number of fused-ring (bicyclic) bond motifs is 1. The van der Waals surface area contributed by atoms with Crippen molar-refractivity contribution in [3.8, 4) is 23.3 Å². The van der Waals surface area contributed by atoms with Crippen molar-refractivity contribution in [3.05, 3.63) is 89.2 Å². The van der Waals surface area contributed by atoms with Crippen LogP contribution in [0.2, 0.25) is 0 Å². The van der Waals surface area contributed by atoms with E-state index in [2.05, 4.69) is 11.1 Å². The van der Waals surface area contributed by atoms with Gasteiger partial charge < -0.3 is 4.74 Å². The number of para-hydroxylation sites is 2. The molecule has 0 aliphatic rings. The summed E-state index contributed by atoms with van der Waals surface area (Å²) in [5.74, 6) is 1.41. The number of thioether (sulfide) groups is 1. The fraction of sp³-hybridized carbons (Fsp3) is 0.0870. The number of aromatic nitrogens is 2. The Morgan fingerprint density at radius 1 is 0.966 bits per heavy atom. The molecule has 0 N–H and O–H groups in total. The van der Waals surface area contributed by atoms with Gasteiger partial charge in [-0.05, 0) is 55.5 Å². The highest BCUT2D eigenvalue weighted by Gasteiger charge is 2.16. The van der Waals surface area contributed by atoms with Gasteiger partial charge in [0.05, 0.1) is 27.9 Å². The topological polar surface area (TPSA) is 67.9 Å². The zero-order valence-corrected chi connectivity index (χ0v) is 16.5. The number of hydrogen-bond donors (Lipinski definition) is 0. The zero-order chi connectivity index (χ0) is 20.2. The molecular weight excluding hydrogens is 382 g/mol. The minimum atomic E-state index is -0.338. The molecular formula is C23H17N3O2S. The molecule has 0 fully saturated rings. The normalized spacial score (nSPS) is 11.7. The molecule has 29 heavy (non-hydrogen) atoms. The second kappa shape index (κ2) is 8.21. The summed E-state index contributed by atoms with van der Waals surface area (Å²) in [6.45, 7) is 1.78. The zero-order valence-electron chi connectivity index (χ0n) is 15.6. The Morgan fingerprint density at radius 3 is 2.34 bits per heavy atom. The first-order valence-electron chi connectivity index (χ1n) is 9.07. The van der Waals surface area contributed by atoms with Gasteiger partial charge in [0.15, 0.2) is 5.16 Å². The minimum Gasteiger partial charge on any atom is -0.457 e. The number of benzene rings is 3. The largest absolute Gasteiger partial charge is 0.457 e. The molecule has 5 nitrogen and oxygen atoms in total. The van der Waals surface area contributed by atoms with Crippen LogP contribution in [0.4, 0.5) is 0 Å². The number of nitriles is 1. The van der Waals surface area contributed by atoms with E-state index in [0.717, 1.165) is 5.75 Å². The Morgan fingerprint density at radius 2 is 1.62 bits per heavy atom. The summed E-state index contributed by atoms with van der Waals surface area (Å²) in [4.78, 5) is 17.8. The predicted molar refractivity (Wildman–Crippen MR) is 115 cm³/mol. The van der Waals surface area contributed by atoms with Crippen LogP contribution in [-0.4, -0.2) is 14.8 Å². The lowest BCUT2D eigenvalue weighted by molar-refractivity contribution is 0.482.